The van der Waals surface area contributed by atoms with E-state index in [2.05, 4.69) is 10.9 Å². The molecular weight excluding hydrogens is 352 g/mol. The number of amides is 2. The highest BCUT2D eigenvalue weighted by molar-refractivity contribution is 5.95. The van der Waals surface area contributed by atoms with Crippen LogP contribution >= 0.6 is 0 Å². The Morgan fingerprint density at radius 1 is 1.00 bits per heavy atom. The molecule has 1 aliphatic heterocycles. The summed E-state index contributed by atoms with van der Waals surface area (Å²) in [7, 11) is 0. The molecule has 0 unspecified atom stereocenters. The summed E-state index contributed by atoms with van der Waals surface area (Å²) in [4.78, 5) is 36.1. The first-order chi connectivity index (χ1) is 13.0. The number of benzene rings is 2. The quantitative estimate of drug-likeness (QED) is 0.620. The van der Waals surface area contributed by atoms with E-state index in [1.165, 1.54) is 6.92 Å². The van der Waals surface area contributed by atoms with Crippen molar-refractivity contribution in [3.63, 3.8) is 0 Å². The van der Waals surface area contributed by atoms with E-state index in [4.69, 9.17) is 14.2 Å². The minimum absolute atomic E-state index is 0.0189. The van der Waals surface area contributed by atoms with Crippen LogP contribution in [0.25, 0.3) is 0 Å². The van der Waals surface area contributed by atoms with Crippen LogP contribution in [-0.2, 0) is 14.3 Å². The van der Waals surface area contributed by atoms with Gasteiger partial charge in [-0.25, -0.2) is 4.79 Å². The molecule has 3 rings (SSSR count). The molecule has 0 fully saturated rings. The first kappa shape index (κ1) is 18.2. The van der Waals surface area contributed by atoms with E-state index in [1.807, 2.05) is 0 Å². The van der Waals surface area contributed by atoms with Crippen LogP contribution in [-0.4, -0.2) is 36.6 Å². The summed E-state index contributed by atoms with van der Waals surface area (Å²) in [5.74, 6) is -0.928. The molecule has 0 aliphatic carbocycles. The average molecular weight is 370 g/mol. The summed E-state index contributed by atoms with van der Waals surface area (Å²) in [5, 5.41) is 0. The topological polar surface area (TPSA) is 103 Å². The molecule has 2 amide bonds. The number of carbonyl (C=O) groups excluding carboxylic acids is 3. The molecular formula is C19H18N2O6. The van der Waals surface area contributed by atoms with Crippen molar-refractivity contribution >= 4 is 17.8 Å². The molecule has 140 valence electrons. The number of hydrazine groups is 1. The Morgan fingerprint density at radius 2 is 1.67 bits per heavy atom. The summed E-state index contributed by atoms with van der Waals surface area (Å²) < 4.78 is 16.1. The third-order valence-electron chi connectivity index (χ3n) is 3.77. The number of para-hydroxylation sites is 2. The van der Waals surface area contributed by atoms with Crippen molar-refractivity contribution in [1.82, 2.24) is 10.9 Å². The number of carbonyl (C=O) groups is 3. The lowest BCUT2D eigenvalue weighted by Gasteiger charge is -2.25. The number of rotatable bonds is 4. The van der Waals surface area contributed by atoms with Crippen LogP contribution in [0.15, 0.2) is 54.6 Å². The van der Waals surface area contributed by atoms with Crippen LogP contribution < -0.4 is 20.3 Å². The minimum Gasteiger partial charge on any atom is -0.485 e. The zero-order valence-electron chi connectivity index (χ0n) is 14.5. The Labute approximate surface area is 155 Å². The first-order valence-electron chi connectivity index (χ1n) is 8.29. The molecule has 2 atom stereocenters. The normalized spacial score (nSPS) is 16.0. The van der Waals surface area contributed by atoms with Crippen LogP contribution in [0, 0.1) is 0 Å². The molecule has 8 nitrogen and oxygen atoms in total. The highest BCUT2D eigenvalue weighted by Crippen LogP contribution is 2.31. The maximum Gasteiger partial charge on any atom is 0.351 e. The lowest BCUT2D eigenvalue weighted by Crippen LogP contribution is -2.48. The first-order valence-corrected chi connectivity index (χ1v) is 8.29. The molecule has 1 aliphatic rings. The number of fused-ring (bicyclic) bond motifs is 1. The predicted octanol–water partition coefficient (Wildman–Crippen LogP) is 1.22. The monoisotopic (exact) mass is 370 g/mol. The summed E-state index contributed by atoms with van der Waals surface area (Å²) in [6.45, 7) is 1.37. The van der Waals surface area contributed by atoms with E-state index in [9.17, 15) is 14.4 Å². The van der Waals surface area contributed by atoms with E-state index in [0.717, 1.165) is 0 Å². The second-order valence-corrected chi connectivity index (χ2v) is 5.75. The van der Waals surface area contributed by atoms with Gasteiger partial charge in [-0.2, -0.15) is 0 Å². The molecule has 0 bridgehead atoms. The van der Waals surface area contributed by atoms with Crippen LogP contribution in [0.1, 0.15) is 17.3 Å². The van der Waals surface area contributed by atoms with Crippen LogP contribution in [0.2, 0.25) is 0 Å². The molecule has 2 aromatic carbocycles. The van der Waals surface area contributed by atoms with Crippen molar-refractivity contribution in [2.75, 3.05) is 6.61 Å². The van der Waals surface area contributed by atoms with Gasteiger partial charge in [0.05, 0.1) is 0 Å². The maximum atomic E-state index is 12.2. The molecule has 27 heavy (non-hydrogen) atoms. The summed E-state index contributed by atoms with van der Waals surface area (Å²) >= 11 is 0. The zero-order chi connectivity index (χ0) is 19.2. The van der Waals surface area contributed by atoms with E-state index < -0.39 is 30.0 Å². The number of esters is 1. The fourth-order valence-electron chi connectivity index (χ4n) is 2.32. The highest BCUT2D eigenvalue weighted by Gasteiger charge is 2.31. The Hall–Kier alpha value is -3.55. The van der Waals surface area contributed by atoms with Gasteiger partial charge >= 0.3 is 5.97 Å². The summed E-state index contributed by atoms with van der Waals surface area (Å²) in [6, 6.07) is 15.3. The van der Waals surface area contributed by atoms with Gasteiger partial charge < -0.3 is 14.2 Å². The van der Waals surface area contributed by atoms with Crippen LogP contribution in [0.3, 0.4) is 0 Å². The average Bonchev–Trinajstić information content (AvgIpc) is 2.71. The molecule has 1 heterocycles. The molecule has 0 spiro atoms. The van der Waals surface area contributed by atoms with E-state index in [0.29, 0.717) is 17.1 Å². The van der Waals surface area contributed by atoms with Crippen molar-refractivity contribution in [2.24, 2.45) is 0 Å². The van der Waals surface area contributed by atoms with Crippen molar-refractivity contribution in [3.8, 4) is 11.5 Å². The smallest absolute Gasteiger partial charge is 0.351 e. The van der Waals surface area contributed by atoms with Gasteiger partial charge in [0.1, 0.15) is 6.61 Å². The molecule has 0 saturated carbocycles. The Morgan fingerprint density at radius 3 is 2.41 bits per heavy atom. The van der Waals surface area contributed by atoms with Gasteiger partial charge in [-0.15, -0.1) is 0 Å². The number of ether oxygens (including phenoxy) is 3. The molecule has 8 heteroatoms. The maximum absolute atomic E-state index is 12.2. The zero-order valence-corrected chi connectivity index (χ0v) is 14.5. The predicted molar refractivity (Wildman–Crippen MR) is 94.0 cm³/mol. The second-order valence-electron chi connectivity index (χ2n) is 5.75. The van der Waals surface area contributed by atoms with Crippen LogP contribution in [0.4, 0.5) is 0 Å². The van der Waals surface area contributed by atoms with Gasteiger partial charge in [0.25, 0.3) is 11.8 Å². The summed E-state index contributed by atoms with van der Waals surface area (Å²) in [5.41, 5.74) is 4.86. The molecule has 0 saturated heterocycles. The molecule has 0 aromatic heterocycles. The van der Waals surface area contributed by atoms with Gasteiger partial charge in [0, 0.05) is 5.56 Å². The molecule has 0 radical (unpaired) electrons. The lowest BCUT2D eigenvalue weighted by molar-refractivity contribution is -0.163. The third-order valence-corrected chi connectivity index (χ3v) is 3.77. The van der Waals surface area contributed by atoms with E-state index in [-0.39, 0.29) is 6.61 Å². The molecule has 2 N–H and O–H groups in total. The van der Waals surface area contributed by atoms with E-state index in [1.54, 1.807) is 54.6 Å². The largest absolute Gasteiger partial charge is 0.485 e. The van der Waals surface area contributed by atoms with Gasteiger partial charge in [-0.1, -0.05) is 30.3 Å². The van der Waals surface area contributed by atoms with Gasteiger partial charge in [-0.05, 0) is 31.2 Å². The fraction of sp³-hybridized carbons (Fsp3) is 0.211. The standard InChI is InChI=1S/C19H18N2O6/c1-12(17(22)20-21-18(23)13-7-3-2-4-8-13)26-19(24)16-11-25-14-9-5-6-10-15(14)27-16/h2-10,12,16H,11H2,1H3,(H,20,22)(H,21,23)/t12-,16+/m1/s1. The lowest BCUT2D eigenvalue weighted by atomic mass is 10.2. The van der Waals surface area contributed by atoms with Crippen molar-refractivity contribution in [1.29, 1.82) is 0 Å². The van der Waals surface area contributed by atoms with Crippen molar-refractivity contribution < 1.29 is 28.6 Å². The van der Waals surface area contributed by atoms with Crippen molar-refractivity contribution in [2.45, 2.75) is 19.1 Å². The number of hydrogen-bond acceptors (Lipinski definition) is 6. The number of hydrogen-bond donors (Lipinski definition) is 2. The summed E-state index contributed by atoms with van der Waals surface area (Å²) in [6.07, 6.45) is -2.11. The molecule has 2 aromatic rings. The Kier molecular flexibility index (Phi) is 5.55. The highest BCUT2D eigenvalue weighted by atomic mass is 16.6. The number of nitrogens with one attached hydrogen (secondary N) is 2. The van der Waals surface area contributed by atoms with Crippen LogP contribution in [0.5, 0.6) is 11.5 Å². The SMILES string of the molecule is C[C@@H](OC(=O)[C@@H]1COc2ccccc2O1)C(=O)NNC(=O)c1ccccc1. The fourth-order valence-corrected chi connectivity index (χ4v) is 2.32. The third kappa shape index (κ3) is 4.55. The van der Waals surface area contributed by atoms with Gasteiger partial charge in [0.2, 0.25) is 6.10 Å². The second kappa shape index (κ2) is 8.22. The van der Waals surface area contributed by atoms with Gasteiger partial charge in [-0.3, -0.25) is 20.4 Å². The Balaban J connectivity index is 1.48. The van der Waals surface area contributed by atoms with Crippen molar-refractivity contribution in [3.05, 3.63) is 60.2 Å². The van der Waals surface area contributed by atoms with E-state index >= 15 is 0 Å². The minimum atomic E-state index is -1.13. The van der Waals surface area contributed by atoms with Gasteiger partial charge in [0.15, 0.2) is 17.6 Å². The Bertz CT molecular complexity index is 839.